The zero-order valence-electron chi connectivity index (χ0n) is 11.3. The molecule has 0 bridgehead atoms. The van der Waals surface area contributed by atoms with Gasteiger partial charge in [0.2, 0.25) is 6.79 Å². The van der Waals surface area contributed by atoms with Crippen LogP contribution in [0, 0.1) is 0 Å². The topological polar surface area (TPSA) is 22.3 Å². The van der Waals surface area contributed by atoms with Crippen LogP contribution in [-0.4, -0.2) is 6.79 Å². The Bertz CT molecular complexity index is 608. The largest absolute Gasteiger partial charge is 0.454 e. The predicted molar refractivity (Wildman–Crippen MR) is 89.2 cm³/mol. The van der Waals surface area contributed by atoms with Gasteiger partial charge in [-0.3, -0.25) is 0 Å². The highest BCUT2D eigenvalue weighted by molar-refractivity contribution is 14.0. The molecule has 0 saturated carbocycles. The van der Waals surface area contributed by atoms with Gasteiger partial charge in [0.15, 0.2) is 23.9 Å². The second-order valence-electron chi connectivity index (χ2n) is 4.41. The Morgan fingerprint density at radius 2 is 1.70 bits per heavy atom. The molecule has 0 saturated heterocycles. The lowest BCUT2D eigenvalue weighted by Gasteiger charge is -1.98. The molecule has 0 amide bonds. The van der Waals surface area contributed by atoms with Crippen molar-refractivity contribution in [3.8, 4) is 11.5 Å². The van der Waals surface area contributed by atoms with E-state index in [1.165, 1.54) is 5.56 Å². The molecule has 1 aromatic carbocycles. The van der Waals surface area contributed by atoms with Crippen molar-refractivity contribution in [2.75, 3.05) is 6.79 Å². The standard InChI is InChI=1S/C16H16NO2.HI/c1-2-17-9-7-13(8-10-17)3-4-14-5-6-15-16(11-14)19-12-18-15;/h3-11H,2,12H2,1H3;1H/q+1;/b4-3+;. The minimum atomic E-state index is 0. The fourth-order valence-corrected chi connectivity index (χ4v) is 2.00. The first-order valence-electron chi connectivity index (χ1n) is 6.42. The van der Waals surface area contributed by atoms with Gasteiger partial charge in [0.1, 0.15) is 6.54 Å². The van der Waals surface area contributed by atoms with Gasteiger partial charge in [0.25, 0.3) is 0 Å². The van der Waals surface area contributed by atoms with E-state index in [1.54, 1.807) is 0 Å². The van der Waals surface area contributed by atoms with Gasteiger partial charge in [-0.25, -0.2) is 4.57 Å². The van der Waals surface area contributed by atoms with Crippen molar-refractivity contribution in [2.45, 2.75) is 13.5 Å². The molecule has 0 fully saturated rings. The molecule has 2 heterocycles. The molecule has 2 aromatic rings. The minimum Gasteiger partial charge on any atom is -0.454 e. The van der Waals surface area contributed by atoms with Crippen LogP contribution in [0.1, 0.15) is 18.1 Å². The van der Waals surface area contributed by atoms with Gasteiger partial charge >= 0.3 is 0 Å². The number of ether oxygens (including phenoxy) is 2. The molecule has 3 rings (SSSR count). The SMILES string of the molecule is CC[n+]1ccc(/C=C/c2ccc3c(c2)OCO3)cc1.I. The van der Waals surface area contributed by atoms with E-state index in [0.717, 1.165) is 23.6 Å². The quantitative estimate of drug-likeness (QED) is 0.599. The number of aryl methyl sites for hydroxylation is 1. The number of hydrogen-bond donors (Lipinski definition) is 0. The molecular weight excluding hydrogens is 365 g/mol. The molecule has 1 aromatic heterocycles. The normalized spacial score (nSPS) is 12.4. The van der Waals surface area contributed by atoms with E-state index in [4.69, 9.17) is 9.47 Å². The first-order valence-corrected chi connectivity index (χ1v) is 6.42. The van der Waals surface area contributed by atoms with Crippen molar-refractivity contribution in [3.63, 3.8) is 0 Å². The van der Waals surface area contributed by atoms with Gasteiger partial charge in [-0.05, 0) is 30.2 Å². The van der Waals surface area contributed by atoms with Crippen LogP contribution < -0.4 is 14.0 Å². The summed E-state index contributed by atoms with van der Waals surface area (Å²) < 4.78 is 12.8. The second-order valence-corrected chi connectivity index (χ2v) is 4.41. The molecule has 0 spiro atoms. The van der Waals surface area contributed by atoms with Gasteiger partial charge in [-0.2, -0.15) is 0 Å². The molecule has 0 radical (unpaired) electrons. The molecule has 20 heavy (non-hydrogen) atoms. The molecular formula is C16H17INO2+. The summed E-state index contributed by atoms with van der Waals surface area (Å²) in [6.45, 7) is 3.44. The van der Waals surface area contributed by atoms with Crippen LogP contribution in [0.25, 0.3) is 12.2 Å². The molecule has 1 aliphatic heterocycles. The highest BCUT2D eigenvalue weighted by Crippen LogP contribution is 2.32. The molecule has 1 aliphatic rings. The van der Waals surface area contributed by atoms with Gasteiger partial charge in [-0.1, -0.05) is 18.2 Å². The van der Waals surface area contributed by atoms with E-state index >= 15 is 0 Å². The smallest absolute Gasteiger partial charge is 0.231 e. The van der Waals surface area contributed by atoms with Crippen LogP contribution in [0.4, 0.5) is 0 Å². The first kappa shape index (κ1) is 14.8. The fourth-order valence-electron chi connectivity index (χ4n) is 2.00. The molecule has 3 nitrogen and oxygen atoms in total. The van der Waals surface area contributed by atoms with E-state index in [0.29, 0.717) is 6.79 Å². The Morgan fingerprint density at radius 1 is 1.00 bits per heavy atom. The Hall–Kier alpha value is -1.56. The average molecular weight is 382 g/mol. The number of benzene rings is 1. The number of hydrogen-bond acceptors (Lipinski definition) is 2. The Kier molecular flexibility index (Phi) is 5.00. The number of fused-ring (bicyclic) bond motifs is 1. The first-order chi connectivity index (χ1) is 9.35. The number of rotatable bonds is 3. The maximum absolute atomic E-state index is 5.36. The summed E-state index contributed by atoms with van der Waals surface area (Å²) in [5.41, 5.74) is 2.29. The summed E-state index contributed by atoms with van der Waals surface area (Å²) in [6, 6.07) is 10.2. The van der Waals surface area contributed by atoms with Crippen molar-refractivity contribution in [1.29, 1.82) is 0 Å². The molecule has 4 heteroatoms. The summed E-state index contributed by atoms with van der Waals surface area (Å²) in [7, 11) is 0. The summed E-state index contributed by atoms with van der Waals surface area (Å²) >= 11 is 0. The molecule has 0 unspecified atom stereocenters. The Morgan fingerprint density at radius 3 is 2.45 bits per heavy atom. The highest BCUT2D eigenvalue weighted by atomic mass is 127. The highest BCUT2D eigenvalue weighted by Gasteiger charge is 2.12. The maximum Gasteiger partial charge on any atom is 0.231 e. The lowest BCUT2D eigenvalue weighted by Crippen LogP contribution is -2.30. The van der Waals surface area contributed by atoms with E-state index < -0.39 is 0 Å². The predicted octanol–water partition coefficient (Wildman–Crippen LogP) is 3.51. The summed E-state index contributed by atoms with van der Waals surface area (Å²) in [4.78, 5) is 0. The summed E-state index contributed by atoms with van der Waals surface area (Å²) in [5, 5.41) is 0. The maximum atomic E-state index is 5.36. The molecule has 0 atom stereocenters. The van der Waals surface area contributed by atoms with Crippen LogP contribution >= 0.6 is 24.0 Å². The van der Waals surface area contributed by atoms with Crippen LogP contribution in [0.2, 0.25) is 0 Å². The van der Waals surface area contributed by atoms with Crippen molar-refractivity contribution in [2.24, 2.45) is 0 Å². The number of halogens is 1. The van der Waals surface area contributed by atoms with E-state index in [-0.39, 0.29) is 24.0 Å². The van der Waals surface area contributed by atoms with Gasteiger partial charge in [0, 0.05) is 12.1 Å². The Labute approximate surface area is 135 Å². The minimum absolute atomic E-state index is 0. The van der Waals surface area contributed by atoms with Crippen molar-refractivity contribution in [1.82, 2.24) is 0 Å². The lowest BCUT2D eigenvalue weighted by molar-refractivity contribution is -0.693. The third-order valence-corrected chi connectivity index (χ3v) is 3.15. The zero-order valence-corrected chi connectivity index (χ0v) is 13.6. The average Bonchev–Trinajstić information content (AvgIpc) is 2.93. The Balaban J connectivity index is 0.00000147. The zero-order chi connectivity index (χ0) is 13.1. The fraction of sp³-hybridized carbons (Fsp3) is 0.188. The molecule has 104 valence electrons. The molecule has 0 N–H and O–H groups in total. The van der Waals surface area contributed by atoms with Crippen LogP contribution in [0.3, 0.4) is 0 Å². The van der Waals surface area contributed by atoms with Crippen LogP contribution in [0.15, 0.2) is 42.7 Å². The third kappa shape index (κ3) is 3.30. The number of pyridine rings is 1. The van der Waals surface area contributed by atoms with Crippen molar-refractivity contribution < 1.29 is 14.0 Å². The van der Waals surface area contributed by atoms with E-state index in [9.17, 15) is 0 Å². The third-order valence-electron chi connectivity index (χ3n) is 3.15. The van der Waals surface area contributed by atoms with E-state index in [1.807, 2.05) is 18.2 Å². The molecule has 0 aliphatic carbocycles. The van der Waals surface area contributed by atoms with Gasteiger partial charge < -0.3 is 9.47 Å². The van der Waals surface area contributed by atoms with E-state index in [2.05, 4.69) is 48.2 Å². The van der Waals surface area contributed by atoms with Crippen molar-refractivity contribution >= 4 is 36.1 Å². The van der Waals surface area contributed by atoms with Crippen molar-refractivity contribution in [3.05, 3.63) is 53.9 Å². The van der Waals surface area contributed by atoms with Gasteiger partial charge in [0.05, 0.1) is 0 Å². The summed E-state index contributed by atoms with van der Waals surface area (Å²) in [6.07, 6.45) is 8.34. The lowest BCUT2D eigenvalue weighted by atomic mass is 10.1. The number of aromatic nitrogens is 1. The second kappa shape index (κ2) is 6.74. The van der Waals surface area contributed by atoms with Crippen LogP contribution in [0.5, 0.6) is 11.5 Å². The monoisotopic (exact) mass is 382 g/mol. The number of nitrogens with zero attached hydrogens (tertiary/aromatic N) is 1. The van der Waals surface area contributed by atoms with Gasteiger partial charge in [-0.15, -0.1) is 24.0 Å². The summed E-state index contributed by atoms with van der Waals surface area (Å²) in [5.74, 6) is 1.64. The van der Waals surface area contributed by atoms with Crippen LogP contribution in [-0.2, 0) is 6.54 Å².